The Hall–Kier alpha value is -4.85. The van der Waals surface area contributed by atoms with E-state index in [-0.39, 0.29) is 41.6 Å². The maximum Gasteiger partial charge on any atom is 0.416 e. The number of hydrogen-bond donors (Lipinski definition) is 2. The number of ether oxygens (including phenoxy) is 3. The minimum Gasteiger partial charge on any atom is -0.487 e. The highest BCUT2D eigenvalue weighted by Gasteiger charge is 2.60. The molecule has 0 bridgehead atoms. The molecule has 1 aromatic heterocycles. The number of nitrogens with zero attached hydrogens (tertiary/aromatic N) is 3. The predicted octanol–water partition coefficient (Wildman–Crippen LogP) is 5.88. The number of halogens is 3. The number of hydrogen-bond acceptors (Lipinski definition) is 8. The molecular formula is C36H38F3N5O6. The Morgan fingerprint density at radius 1 is 1.08 bits per heavy atom. The summed E-state index contributed by atoms with van der Waals surface area (Å²) >= 11 is 0. The first-order valence-corrected chi connectivity index (χ1v) is 16.6. The van der Waals surface area contributed by atoms with Gasteiger partial charge in [0.1, 0.15) is 34.8 Å². The third-order valence-electron chi connectivity index (χ3n) is 9.37. The molecule has 3 aliphatic heterocycles. The molecule has 50 heavy (non-hydrogen) atoms. The molecule has 1 saturated carbocycles. The number of aromatic nitrogens is 1. The van der Waals surface area contributed by atoms with Crippen LogP contribution in [0.25, 0.3) is 0 Å². The number of pyridine rings is 1. The van der Waals surface area contributed by atoms with E-state index in [0.717, 1.165) is 17.2 Å². The molecule has 11 nitrogen and oxygen atoms in total. The van der Waals surface area contributed by atoms with Crippen LogP contribution in [-0.2, 0) is 28.7 Å². The number of nitrogens with one attached hydrogen (secondary N) is 2. The molecule has 2 aromatic carbocycles. The summed E-state index contributed by atoms with van der Waals surface area (Å²) in [5.74, 6) is 1.36. The molecule has 2 N–H and O–H groups in total. The molecule has 0 unspecified atom stereocenters. The minimum absolute atomic E-state index is 0.0159. The van der Waals surface area contributed by atoms with Gasteiger partial charge in [0.15, 0.2) is 0 Å². The molecule has 3 aromatic rings. The number of alkyl halides is 3. The summed E-state index contributed by atoms with van der Waals surface area (Å²) in [6, 6.07) is 10.1. The van der Waals surface area contributed by atoms with E-state index < -0.39 is 35.4 Å². The van der Waals surface area contributed by atoms with Gasteiger partial charge in [-0.2, -0.15) is 13.2 Å². The summed E-state index contributed by atoms with van der Waals surface area (Å²) in [6.07, 6.45) is -3.07. The van der Waals surface area contributed by atoms with Crippen molar-refractivity contribution in [3.63, 3.8) is 0 Å². The number of carbonyl (C=O) groups is 3. The second-order valence-corrected chi connectivity index (χ2v) is 14.2. The largest absolute Gasteiger partial charge is 0.487 e. The van der Waals surface area contributed by atoms with Crippen molar-refractivity contribution in [3.05, 3.63) is 76.5 Å². The van der Waals surface area contributed by atoms with Gasteiger partial charge >= 0.3 is 12.3 Å². The third-order valence-corrected chi connectivity index (χ3v) is 9.37. The maximum atomic E-state index is 14.3. The topological polar surface area (TPSA) is 122 Å². The standard InChI is InChI=1S/C36H38F3N5O6/c1-19-17-43(13-14-44(19)34(47)50-35(2,3)4)18-21-6-5-20(15-25(21)36(37,38)39)33(46)42-30-29-24-16-22(7-9-26(24)49-31(29)30)48-27-11-12-40-32-23(27)8-10-28(45)41-32/h5-7,9,11-12,15-16,19,29-31H,8,10,13-14,17-18H2,1-4H3,(H,42,46)(H,40,41,45)/t19-,29-,30-,31-/m0/s1. The molecule has 4 aliphatic rings. The number of amides is 3. The number of benzene rings is 2. The quantitative estimate of drug-likeness (QED) is 0.329. The van der Waals surface area contributed by atoms with Crippen LogP contribution in [0.3, 0.4) is 0 Å². The first-order valence-electron chi connectivity index (χ1n) is 16.6. The fraction of sp³-hybridized carbons (Fsp3) is 0.444. The maximum absolute atomic E-state index is 14.3. The van der Waals surface area contributed by atoms with Crippen molar-refractivity contribution in [2.45, 2.75) is 83.0 Å². The number of piperazine rings is 1. The molecule has 3 amide bonds. The molecule has 0 spiro atoms. The average molecular weight is 694 g/mol. The van der Waals surface area contributed by atoms with E-state index in [4.69, 9.17) is 14.2 Å². The van der Waals surface area contributed by atoms with Crippen molar-refractivity contribution in [3.8, 4) is 17.2 Å². The van der Waals surface area contributed by atoms with Gasteiger partial charge in [-0.1, -0.05) is 6.07 Å². The van der Waals surface area contributed by atoms with Crippen molar-refractivity contribution in [1.82, 2.24) is 20.1 Å². The summed E-state index contributed by atoms with van der Waals surface area (Å²) in [5, 5.41) is 5.62. The zero-order valence-corrected chi connectivity index (χ0v) is 28.1. The zero-order valence-electron chi connectivity index (χ0n) is 28.1. The normalized spacial score (nSPS) is 22.8. The Balaban J connectivity index is 1.00. The zero-order chi connectivity index (χ0) is 35.5. The smallest absolute Gasteiger partial charge is 0.416 e. The van der Waals surface area contributed by atoms with Gasteiger partial charge in [0.05, 0.1) is 17.5 Å². The Morgan fingerprint density at radius 3 is 2.62 bits per heavy atom. The van der Waals surface area contributed by atoms with E-state index in [9.17, 15) is 27.6 Å². The van der Waals surface area contributed by atoms with Gasteiger partial charge in [0.25, 0.3) is 5.91 Å². The molecule has 7 rings (SSSR count). The van der Waals surface area contributed by atoms with Gasteiger partial charge in [0.2, 0.25) is 5.91 Å². The number of anilines is 1. The molecule has 4 atom stereocenters. The first kappa shape index (κ1) is 33.6. The molecule has 4 heterocycles. The van der Waals surface area contributed by atoms with Gasteiger partial charge in [-0.3, -0.25) is 14.5 Å². The predicted molar refractivity (Wildman–Crippen MR) is 175 cm³/mol. The monoisotopic (exact) mass is 693 g/mol. The van der Waals surface area contributed by atoms with E-state index in [1.54, 1.807) is 50.1 Å². The van der Waals surface area contributed by atoms with Crippen molar-refractivity contribution in [2.75, 3.05) is 25.0 Å². The molecule has 264 valence electrons. The van der Waals surface area contributed by atoms with Gasteiger partial charge in [0, 0.05) is 61.5 Å². The van der Waals surface area contributed by atoms with Crippen LogP contribution in [0.15, 0.2) is 48.7 Å². The van der Waals surface area contributed by atoms with E-state index in [1.165, 1.54) is 12.1 Å². The van der Waals surface area contributed by atoms with Gasteiger partial charge in [-0.25, -0.2) is 9.78 Å². The van der Waals surface area contributed by atoms with Crippen LogP contribution in [-0.4, -0.2) is 76.1 Å². The second-order valence-electron chi connectivity index (χ2n) is 14.2. The summed E-state index contributed by atoms with van der Waals surface area (Å²) in [4.78, 5) is 45.3. The third kappa shape index (κ3) is 6.80. The molecular weight excluding hydrogens is 655 g/mol. The molecule has 0 radical (unpaired) electrons. The number of carbonyl (C=O) groups excluding carboxylic acids is 3. The van der Waals surface area contributed by atoms with Crippen LogP contribution in [0.1, 0.15) is 72.6 Å². The summed E-state index contributed by atoms with van der Waals surface area (Å²) < 4.78 is 60.6. The number of fused-ring (bicyclic) bond motifs is 4. The van der Waals surface area contributed by atoms with Gasteiger partial charge < -0.3 is 29.7 Å². The van der Waals surface area contributed by atoms with E-state index in [2.05, 4.69) is 15.6 Å². The van der Waals surface area contributed by atoms with Crippen LogP contribution in [0.2, 0.25) is 0 Å². The van der Waals surface area contributed by atoms with Crippen LogP contribution in [0.4, 0.5) is 23.8 Å². The van der Waals surface area contributed by atoms with Gasteiger partial charge in [-0.15, -0.1) is 0 Å². The highest BCUT2D eigenvalue weighted by atomic mass is 19.4. The summed E-state index contributed by atoms with van der Waals surface area (Å²) in [6.45, 7) is 8.28. The highest BCUT2D eigenvalue weighted by Crippen LogP contribution is 2.54. The lowest BCUT2D eigenvalue weighted by Gasteiger charge is -2.40. The van der Waals surface area contributed by atoms with Crippen molar-refractivity contribution >= 4 is 23.7 Å². The fourth-order valence-corrected chi connectivity index (χ4v) is 6.92. The van der Waals surface area contributed by atoms with Crippen LogP contribution >= 0.6 is 0 Å². The Labute approximate surface area is 287 Å². The van der Waals surface area contributed by atoms with Crippen molar-refractivity contribution in [1.29, 1.82) is 0 Å². The van der Waals surface area contributed by atoms with Gasteiger partial charge in [-0.05, 0) is 76.1 Å². The Morgan fingerprint density at radius 2 is 1.88 bits per heavy atom. The van der Waals surface area contributed by atoms with E-state index in [0.29, 0.717) is 55.5 Å². The van der Waals surface area contributed by atoms with Crippen LogP contribution in [0, 0.1) is 0 Å². The van der Waals surface area contributed by atoms with Crippen molar-refractivity contribution < 1.29 is 41.8 Å². The SMILES string of the molecule is C[C@H]1CN(Cc2ccc(C(=O)N[C@@H]3[C@H]4Oc5ccc(Oc6ccnc7c6CCC(=O)N7)cc5[C@@H]34)cc2C(F)(F)F)CCN1C(=O)OC(C)(C)C. The minimum atomic E-state index is -4.68. The number of rotatable bonds is 6. The Bertz CT molecular complexity index is 1860. The molecule has 2 fully saturated rings. The molecule has 1 saturated heterocycles. The van der Waals surface area contributed by atoms with Crippen molar-refractivity contribution in [2.24, 2.45) is 0 Å². The van der Waals surface area contributed by atoms with Crippen LogP contribution < -0.4 is 20.1 Å². The fourth-order valence-electron chi connectivity index (χ4n) is 6.92. The molecule has 1 aliphatic carbocycles. The van der Waals surface area contributed by atoms with E-state index in [1.807, 2.05) is 17.9 Å². The lowest BCUT2D eigenvalue weighted by atomic mass is 10.0. The lowest BCUT2D eigenvalue weighted by Crippen LogP contribution is -2.54. The second kappa shape index (κ2) is 12.5. The average Bonchev–Trinajstić information content (AvgIpc) is 3.55. The highest BCUT2D eigenvalue weighted by molar-refractivity contribution is 5.95. The van der Waals surface area contributed by atoms with E-state index >= 15 is 0 Å². The summed E-state index contributed by atoms with van der Waals surface area (Å²) in [5.41, 5.74) is 0.0736. The van der Waals surface area contributed by atoms with Crippen LogP contribution in [0.5, 0.6) is 17.2 Å². The first-order chi connectivity index (χ1) is 23.6. The summed E-state index contributed by atoms with van der Waals surface area (Å²) in [7, 11) is 0. The Kier molecular flexibility index (Phi) is 8.40. The lowest BCUT2D eigenvalue weighted by molar-refractivity contribution is -0.138. The molecule has 14 heteroatoms.